The molecule has 4 nitrogen and oxygen atoms in total. The highest BCUT2D eigenvalue weighted by Crippen LogP contribution is 2.24. The second kappa shape index (κ2) is 7.97. The van der Waals surface area contributed by atoms with Crippen LogP contribution in [0.3, 0.4) is 0 Å². The second-order valence-corrected chi connectivity index (χ2v) is 6.41. The van der Waals surface area contributed by atoms with Crippen molar-refractivity contribution in [3.8, 4) is 5.75 Å². The topological polar surface area (TPSA) is 64.4 Å². The number of carbonyl (C=O) groups is 1. The van der Waals surface area contributed by atoms with Crippen molar-refractivity contribution in [1.82, 2.24) is 5.32 Å². The normalized spacial score (nSPS) is 19.9. The molecule has 126 valence electrons. The van der Waals surface area contributed by atoms with Gasteiger partial charge in [0.25, 0.3) is 0 Å². The summed E-state index contributed by atoms with van der Waals surface area (Å²) in [5.74, 6) is 1.07. The Hall–Kier alpha value is -2.33. The SMILES string of the molecule is NC1CCC(C(=O)NCc2ccc(COc3ccccc3)cc2)C1. The van der Waals surface area contributed by atoms with Crippen molar-refractivity contribution >= 4 is 5.91 Å². The number of nitrogens with two attached hydrogens (primary N) is 1. The van der Waals surface area contributed by atoms with Gasteiger partial charge in [0.2, 0.25) is 5.91 Å². The molecule has 0 heterocycles. The van der Waals surface area contributed by atoms with Gasteiger partial charge < -0.3 is 15.8 Å². The summed E-state index contributed by atoms with van der Waals surface area (Å²) < 4.78 is 5.73. The molecule has 0 aromatic heterocycles. The van der Waals surface area contributed by atoms with Crippen LogP contribution in [0.1, 0.15) is 30.4 Å². The van der Waals surface area contributed by atoms with Crippen LogP contribution >= 0.6 is 0 Å². The molecular weight excluding hydrogens is 300 g/mol. The third-order valence-corrected chi connectivity index (χ3v) is 4.48. The smallest absolute Gasteiger partial charge is 0.223 e. The van der Waals surface area contributed by atoms with Crippen molar-refractivity contribution in [3.63, 3.8) is 0 Å². The number of para-hydroxylation sites is 1. The Kier molecular flexibility index (Phi) is 5.49. The Morgan fingerprint density at radius 1 is 1.04 bits per heavy atom. The number of rotatable bonds is 6. The Balaban J connectivity index is 1.45. The van der Waals surface area contributed by atoms with Crippen LogP contribution in [0.2, 0.25) is 0 Å². The average Bonchev–Trinajstić information content (AvgIpc) is 3.06. The first-order valence-electron chi connectivity index (χ1n) is 8.49. The fourth-order valence-electron chi connectivity index (χ4n) is 3.02. The van der Waals surface area contributed by atoms with Gasteiger partial charge in [-0.05, 0) is 42.5 Å². The number of ether oxygens (including phenoxy) is 1. The van der Waals surface area contributed by atoms with Gasteiger partial charge in [-0.3, -0.25) is 4.79 Å². The quantitative estimate of drug-likeness (QED) is 0.858. The molecule has 2 unspecified atom stereocenters. The number of hydrogen-bond donors (Lipinski definition) is 2. The summed E-state index contributed by atoms with van der Waals surface area (Å²) in [4.78, 5) is 12.1. The Bertz CT molecular complexity index is 655. The van der Waals surface area contributed by atoms with Crippen molar-refractivity contribution in [2.75, 3.05) is 0 Å². The fourth-order valence-corrected chi connectivity index (χ4v) is 3.02. The molecular formula is C20H24N2O2. The molecule has 2 atom stereocenters. The zero-order valence-electron chi connectivity index (χ0n) is 13.8. The van der Waals surface area contributed by atoms with Crippen LogP contribution in [0.15, 0.2) is 54.6 Å². The molecule has 4 heteroatoms. The van der Waals surface area contributed by atoms with Gasteiger partial charge in [-0.1, -0.05) is 42.5 Å². The molecule has 2 aromatic carbocycles. The number of amides is 1. The minimum Gasteiger partial charge on any atom is -0.489 e. The molecule has 3 rings (SSSR count). The molecule has 1 amide bonds. The standard InChI is InChI=1S/C20H24N2O2/c21-18-11-10-17(12-18)20(23)22-13-15-6-8-16(9-7-15)14-24-19-4-2-1-3-5-19/h1-9,17-18H,10-14,21H2,(H,22,23). The van der Waals surface area contributed by atoms with E-state index in [1.165, 1.54) is 0 Å². The molecule has 0 radical (unpaired) electrons. The van der Waals surface area contributed by atoms with Crippen LogP contribution in [0.25, 0.3) is 0 Å². The second-order valence-electron chi connectivity index (χ2n) is 6.41. The van der Waals surface area contributed by atoms with Crippen LogP contribution in [-0.2, 0) is 17.9 Å². The fraction of sp³-hybridized carbons (Fsp3) is 0.350. The average molecular weight is 324 g/mol. The van der Waals surface area contributed by atoms with E-state index in [0.717, 1.165) is 36.1 Å². The Labute approximate surface area is 143 Å². The van der Waals surface area contributed by atoms with Crippen LogP contribution in [0.5, 0.6) is 5.75 Å². The summed E-state index contributed by atoms with van der Waals surface area (Å²) in [7, 11) is 0. The highest BCUT2D eigenvalue weighted by molar-refractivity contribution is 5.79. The molecule has 3 N–H and O–H groups in total. The van der Waals surface area contributed by atoms with E-state index in [2.05, 4.69) is 5.32 Å². The van der Waals surface area contributed by atoms with Crippen LogP contribution in [-0.4, -0.2) is 11.9 Å². The number of carbonyl (C=O) groups excluding carboxylic acids is 1. The van der Waals surface area contributed by atoms with E-state index in [9.17, 15) is 4.79 Å². The van der Waals surface area contributed by atoms with E-state index >= 15 is 0 Å². The maximum atomic E-state index is 12.1. The molecule has 0 bridgehead atoms. The molecule has 2 aromatic rings. The van der Waals surface area contributed by atoms with Crippen molar-refractivity contribution in [3.05, 3.63) is 65.7 Å². The third-order valence-electron chi connectivity index (χ3n) is 4.48. The molecule has 0 spiro atoms. The lowest BCUT2D eigenvalue weighted by Crippen LogP contribution is -2.29. The van der Waals surface area contributed by atoms with Crippen molar-refractivity contribution in [1.29, 1.82) is 0 Å². The molecule has 1 fully saturated rings. The predicted octanol–water partition coefficient (Wildman–Crippen LogP) is 3.01. The largest absolute Gasteiger partial charge is 0.489 e. The minimum absolute atomic E-state index is 0.0820. The first-order valence-corrected chi connectivity index (χ1v) is 8.49. The summed E-state index contributed by atoms with van der Waals surface area (Å²) in [6.45, 7) is 1.10. The zero-order chi connectivity index (χ0) is 16.8. The minimum atomic E-state index is 0.0820. The lowest BCUT2D eigenvalue weighted by Gasteiger charge is -2.11. The van der Waals surface area contributed by atoms with Crippen LogP contribution in [0.4, 0.5) is 0 Å². The summed E-state index contributed by atoms with van der Waals surface area (Å²) in [5, 5.41) is 3.01. The first kappa shape index (κ1) is 16.5. The predicted molar refractivity (Wildman–Crippen MR) is 94.4 cm³/mol. The van der Waals surface area contributed by atoms with E-state index in [1.54, 1.807) is 0 Å². The van der Waals surface area contributed by atoms with Gasteiger partial charge in [-0.2, -0.15) is 0 Å². The summed E-state index contributed by atoms with van der Waals surface area (Å²) >= 11 is 0. The maximum absolute atomic E-state index is 12.1. The van der Waals surface area contributed by atoms with Gasteiger partial charge in [0.1, 0.15) is 12.4 Å². The van der Waals surface area contributed by atoms with E-state index in [0.29, 0.717) is 13.2 Å². The van der Waals surface area contributed by atoms with E-state index in [4.69, 9.17) is 10.5 Å². The number of benzene rings is 2. The monoisotopic (exact) mass is 324 g/mol. The summed E-state index contributed by atoms with van der Waals surface area (Å²) in [6, 6.07) is 18.1. The van der Waals surface area contributed by atoms with Gasteiger partial charge in [0.05, 0.1) is 0 Å². The van der Waals surface area contributed by atoms with E-state index < -0.39 is 0 Å². The van der Waals surface area contributed by atoms with Crippen LogP contribution < -0.4 is 15.8 Å². The highest BCUT2D eigenvalue weighted by atomic mass is 16.5. The molecule has 24 heavy (non-hydrogen) atoms. The third kappa shape index (κ3) is 4.59. The lowest BCUT2D eigenvalue weighted by molar-refractivity contribution is -0.125. The number of hydrogen-bond acceptors (Lipinski definition) is 3. The van der Waals surface area contributed by atoms with Gasteiger partial charge in [0, 0.05) is 18.5 Å². The number of nitrogens with one attached hydrogen (secondary N) is 1. The Morgan fingerprint density at radius 2 is 1.75 bits per heavy atom. The van der Waals surface area contributed by atoms with Gasteiger partial charge in [-0.15, -0.1) is 0 Å². The first-order chi connectivity index (χ1) is 11.7. The molecule has 1 saturated carbocycles. The van der Waals surface area contributed by atoms with Gasteiger partial charge in [0.15, 0.2) is 0 Å². The van der Waals surface area contributed by atoms with Gasteiger partial charge in [-0.25, -0.2) is 0 Å². The van der Waals surface area contributed by atoms with Crippen LogP contribution in [0, 0.1) is 5.92 Å². The molecule has 1 aliphatic rings. The zero-order valence-corrected chi connectivity index (χ0v) is 13.8. The highest BCUT2D eigenvalue weighted by Gasteiger charge is 2.27. The summed E-state index contributed by atoms with van der Waals surface area (Å²) in [5.41, 5.74) is 8.06. The lowest BCUT2D eigenvalue weighted by atomic mass is 10.1. The van der Waals surface area contributed by atoms with Gasteiger partial charge >= 0.3 is 0 Å². The molecule has 0 saturated heterocycles. The molecule has 1 aliphatic carbocycles. The van der Waals surface area contributed by atoms with Crippen molar-refractivity contribution < 1.29 is 9.53 Å². The van der Waals surface area contributed by atoms with E-state index in [1.807, 2.05) is 54.6 Å². The molecule has 0 aliphatic heterocycles. The Morgan fingerprint density at radius 3 is 2.42 bits per heavy atom. The summed E-state index contributed by atoms with van der Waals surface area (Å²) in [6.07, 6.45) is 2.67. The maximum Gasteiger partial charge on any atom is 0.223 e. The van der Waals surface area contributed by atoms with E-state index in [-0.39, 0.29) is 17.9 Å². The van der Waals surface area contributed by atoms with Crippen molar-refractivity contribution in [2.45, 2.75) is 38.5 Å². The van der Waals surface area contributed by atoms with Crippen molar-refractivity contribution in [2.24, 2.45) is 11.7 Å².